The molecular weight excluding hydrogens is 2290 g/mol. The first-order valence-electron chi connectivity index (χ1n) is 35.6. The zero-order chi connectivity index (χ0) is 105. The summed E-state index contributed by atoms with van der Waals surface area (Å²) in [6.07, 6.45) is -92.7. The quantitative estimate of drug-likeness (QED) is 0.0216. The van der Waals surface area contributed by atoms with E-state index in [0.29, 0.717) is 30.5 Å². The van der Waals surface area contributed by atoms with Crippen LogP contribution >= 0.6 is 0 Å². The number of ether oxygens (including phenoxy) is 10. The van der Waals surface area contributed by atoms with Crippen LogP contribution in [0.15, 0.2) is 36.5 Å². The summed E-state index contributed by atoms with van der Waals surface area (Å²) in [5, 5.41) is 8.13. The molecule has 2 aromatic rings. The third-order valence-electron chi connectivity index (χ3n) is 17.3. The molecule has 5 aliphatic rings. The van der Waals surface area contributed by atoms with E-state index in [-0.39, 0.29) is 25.8 Å². The van der Waals surface area contributed by atoms with Crippen LogP contribution in [0, 0.1) is 0 Å². The first kappa shape index (κ1) is 122. The van der Waals surface area contributed by atoms with E-state index in [1.807, 2.05) is 0 Å². The van der Waals surface area contributed by atoms with Gasteiger partial charge in [0.05, 0.1) is 39.2 Å². The van der Waals surface area contributed by atoms with Crippen LogP contribution in [0.1, 0.15) is 38.5 Å². The molecule has 0 radical (unpaired) electrons. The van der Waals surface area contributed by atoms with Crippen LogP contribution in [-0.2, 0) is 287 Å². The maximum absolute atomic E-state index is 13.5. The molecule has 0 spiro atoms. The van der Waals surface area contributed by atoms with Crippen LogP contribution in [0.5, 0.6) is 0 Å². The Balaban J connectivity index is 1.52. The zero-order valence-electron chi connectivity index (χ0n) is 66.8. The Kier molecular flexibility index (Phi) is 41.7. The van der Waals surface area contributed by atoms with Gasteiger partial charge in [-0.25, -0.2) is 66.9 Å². The van der Waals surface area contributed by atoms with Gasteiger partial charge in [-0.3, -0.25) is 77.5 Å². The zero-order valence-corrected chi connectivity index (χ0v) is 79.9. The first-order chi connectivity index (χ1) is 62.8. The van der Waals surface area contributed by atoms with E-state index >= 15 is 0 Å². The van der Waals surface area contributed by atoms with Crippen LogP contribution in [-0.4, -0.2) is 416 Å². The van der Waals surface area contributed by atoms with Crippen molar-refractivity contribution in [1.82, 2.24) is 15.0 Å². The van der Waals surface area contributed by atoms with Crippen LogP contribution in [0.2, 0.25) is 0 Å². The Bertz CT molecular complexity index is 6500. The number of unbranched alkanes of at least 4 members (excludes halogenated alkanes) is 5. The van der Waals surface area contributed by atoms with E-state index < -0.39 is 360 Å². The van der Waals surface area contributed by atoms with Gasteiger partial charge in [0.1, 0.15) is 103 Å². The van der Waals surface area contributed by atoms with Gasteiger partial charge in [-0.15, -0.1) is 5.10 Å². The predicted molar refractivity (Wildman–Crippen MR) is 410 cm³/mol. The van der Waals surface area contributed by atoms with Gasteiger partial charge in [0.2, 0.25) is 0 Å². The summed E-state index contributed by atoms with van der Waals surface area (Å²) in [4.78, 5) is 0. The van der Waals surface area contributed by atoms with Gasteiger partial charge in [-0.1, -0.05) is 61.2 Å². The van der Waals surface area contributed by atoms with Crippen molar-refractivity contribution in [3.8, 4) is 11.3 Å². The van der Waals surface area contributed by atoms with E-state index in [1.54, 1.807) is 36.5 Å². The molecule has 5 aliphatic heterocycles. The number of nitrogens with zero attached hydrogens (tertiary/aromatic N) is 3. The second-order valence-electron chi connectivity index (χ2n) is 27.3. The topological polar surface area (TPSA) is 1140 Å². The third-order valence-corrected chi connectivity index (χ3v) is 24.5. The highest BCUT2D eigenvalue weighted by Crippen LogP contribution is 2.44. The van der Waals surface area contributed by atoms with Crippen molar-refractivity contribution in [2.45, 2.75) is 199 Å². The molecule has 0 unspecified atom stereocenters. The molecular formula is C46H73N3O74S16. The smallest absolute Gasteiger partial charge is 0.350 e. The first-order valence-corrected chi connectivity index (χ1v) is 57.4. The van der Waals surface area contributed by atoms with E-state index in [1.165, 1.54) is 4.68 Å². The van der Waals surface area contributed by atoms with Crippen molar-refractivity contribution in [2.75, 3.05) is 39.6 Å². The minimum Gasteiger partial charge on any atom is -0.350 e. The van der Waals surface area contributed by atoms with Crippen LogP contribution in [0.4, 0.5) is 0 Å². The molecule has 0 amide bonds. The van der Waals surface area contributed by atoms with Gasteiger partial charge < -0.3 is 47.4 Å². The largest absolute Gasteiger partial charge is 0.397 e. The van der Waals surface area contributed by atoms with Gasteiger partial charge in [0.15, 0.2) is 55.9 Å². The SMILES string of the molecule is O=S(=O)(O)OC[C@H]1O[C@H](OCCCCCCCCn2cc(-c3ccccc3)nn2)[C@@H](O[C@H]2O[C@H](COS(=O)(=O)O)[C@@H](OS(=O)(=O)O)[C@H](O[C@H]3O[C@H](COS(=O)(=O)O)[C@@H](OS(=O)(=O)O)[C@H](O[C@H]4O[C@H](COS(=O)(=O)O)[C@@H](OS(=O)(=O)O)[C@H](O[C@H]5O[C@H](COS(=O)(=O)O)[C@@H](OS(=O)(=O)O)[C@H](OS(=O)(=O)O)[C@@H]5OS(=O)(=O)O)[C@@H]4OS(=O)(=O)O)[C@@H]3OS(=O)(=O)O)[C@@H]2OS(=O)(=O)O)[C@@H](OS(=O)(=O)O)[C@@H]1OS(=O)(=O)O. The normalized spacial score (nSPS) is 30.4. The second-order valence-corrected chi connectivity index (χ2v) is 44.3. The van der Waals surface area contributed by atoms with Crippen molar-refractivity contribution < 1.29 is 322 Å². The van der Waals surface area contributed by atoms with Gasteiger partial charge in [0, 0.05) is 18.7 Å². The Morgan fingerprint density at radius 3 is 0.727 bits per heavy atom. The lowest BCUT2D eigenvalue weighted by molar-refractivity contribution is -0.388. The monoisotopic (exact) mass is 2360 g/mol. The van der Waals surface area contributed by atoms with Gasteiger partial charge in [0.25, 0.3) is 0 Å². The molecule has 1 aromatic carbocycles. The average molecular weight is 2370 g/mol. The molecule has 5 saturated heterocycles. The van der Waals surface area contributed by atoms with Crippen LogP contribution in [0.3, 0.4) is 0 Å². The Hall–Kier alpha value is -4.12. The van der Waals surface area contributed by atoms with Crippen molar-refractivity contribution >= 4 is 166 Å². The summed E-state index contributed by atoms with van der Waals surface area (Å²) in [6.45, 7) is -12.6. The highest BCUT2D eigenvalue weighted by molar-refractivity contribution is 7.84. The Labute approximate surface area is 783 Å². The average Bonchev–Trinajstić information content (AvgIpc) is 0.870. The van der Waals surface area contributed by atoms with Crippen molar-refractivity contribution in [1.29, 1.82) is 0 Å². The summed E-state index contributed by atoms with van der Waals surface area (Å²) < 4.78 is 695. The predicted octanol–water partition coefficient (Wildman–Crippen LogP) is -10.4. The Morgan fingerprint density at radius 2 is 0.460 bits per heavy atom. The molecule has 7 rings (SSSR count). The molecule has 6 heterocycles. The lowest BCUT2D eigenvalue weighted by Gasteiger charge is -2.51. The van der Waals surface area contributed by atoms with Crippen molar-refractivity contribution in [3.05, 3.63) is 36.5 Å². The lowest BCUT2D eigenvalue weighted by atomic mass is 9.95. The lowest BCUT2D eigenvalue weighted by Crippen LogP contribution is -2.70. The molecule has 0 bridgehead atoms. The number of aromatic nitrogens is 3. The number of rotatable bonds is 56. The van der Waals surface area contributed by atoms with E-state index in [4.69, 9.17) is 47.4 Å². The molecule has 1 aromatic heterocycles. The van der Waals surface area contributed by atoms with Gasteiger partial charge in [-0.2, -0.15) is 135 Å². The highest BCUT2D eigenvalue weighted by Gasteiger charge is 2.65. The minimum atomic E-state index is -7.13. The van der Waals surface area contributed by atoms with E-state index in [9.17, 15) is 208 Å². The number of aryl methyl sites for hydroxylation is 1. The summed E-state index contributed by atoms with van der Waals surface area (Å²) in [5.74, 6) is 0. The third kappa shape index (κ3) is 44.1. The van der Waals surface area contributed by atoms with Gasteiger partial charge >= 0.3 is 166 Å². The molecule has 812 valence electrons. The summed E-state index contributed by atoms with van der Waals surface area (Å²) in [5.41, 5.74) is 1.19. The maximum Gasteiger partial charge on any atom is 0.397 e. The number of benzene rings is 1. The van der Waals surface area contributed by atoms with Crippen LogP contribution in [0.25, 0.3) is 11.3 Å². The van der Waals surface area contributed by atoms with E-state index in [0.717, 1.165) is 0 Å². The molecule has 0 saturated carbocycles. The fourth-order valence-corrected chi connectivity index (χ4v) is 19.8. The molecule has 77 nitrogen and oxygen atoms in total. The second kappa shape index (κ2) is 47.6. The standard InChI is InChI=1S/C46H73N3O74S16/c50-124(51,52)99-15-22-27(113-129(65,66)67)32(109-44-39(121-137(89,90)91)33(28(114-130(68,69)70)23(106-44)16-100-125(53,54)55)111-46-41(123-139(95,96)97)36(119-135(83,84)85)31(117-133(77,78)79)26(108-46)19-103-128(62,63)64)38(120-136(86,87)88)43(105-22)110-34-29(115-131(71,72)73)24(17-101-126(56,57)58)107-45(40(34)122-138(92,93)94)112-37-35(118-134(80,81)82)30(116-132(74,75)76)25(18-102-127(59,60)61)104-42(37)98-13-9-4-2-1-3-8-12-49-14-21(47-48-49)20-10-6-5-7-11-20/h5-7,10-11,14,22-46H,1-4,8-9,12-13,15-19H2,(H,50,51,52)(H,53,54,55)(H,56,57,58)(H,59,60,61)(H,62,63,64)(H,65,66,67)(H,68,69,70)(H,71,72,73)(H,74,75,76)(H,77,78,79)(H,80,81,82)(H,83,84,85)(H,86,87,88)(H,89,90,91)(H,92,93,94)(H,95,96,97)/t22-,23-,24-,25-,26-,27-,28-,29-,30-,31-,32+,33+,34+,35+,36+,37+,38+,39+,40+,41+,42+,43-,44-,45-,46-/m1/s1. The fourth-order valence-electron chi connectivity index (χ4n) is 12.8. The fraction of sp³-hybridized carbons (Fsp3) is 0.826. The van der Waals surface area contributed by atoms with Crippen LogP contribution < -0.4 is 0 Å². The molecule has 139 heavy (non-hydrogen) atoms. The Morgan fingerprint density at radius 1 is 0.245 bits per heavy atom. The molecule has 0 aliphatic carbocycles. The minimum absolute atomic E-state index is 0.0164. The number of hydrogen-bond donors (Lipinski definition) is 16. The van der Waals surface area contributed by atoms with E-state index in [2.05, 4.69) is 77.2 Å². The number of hydrogen-bond acceptors (Lipinski definition) is 60. The van der Waals surface area contributed by atoms with Crippen molar-refractivity contribution in [3.63, 3.8) is 0 Å². The summed E-state index contributed by atoms with van der Waals surface area (Å²) >= 11 is 0. The highest BCUT2D eigenvalue weighted by atomic mass is 32.3. The molecule has 25 atom stereocenters. The summed E-state index contributed by atoms with van der Waals surface area (Å²) in [7, 11) is -106. The van der Waals surface area contributed by atoms with Crippen molar-refractivity contribution in [2.24, 2.45) is 0 Å². The summed E-state index contributed by atoms with van der Waals surface area (Å²) in [6, 6.07) is 8.67. The molecule has 16 N–H and O–H groups in total. The molecule has 93 heteroatoms. The maximum atomic E-state index is 13.5. The van der Waals surface area contributed by atoms with Gasteiger partial charge in [-0.05, 0) is 12.8 Å². The molecule has 5 fully saturated rings.